The van der Waals surface area contributed by atoms with E-state index in [1.165, 1.54) is 25.7 Å². The Bertz CT molecular complexity index is 315. The van der Waals surface area contributed by atoms with Crippen LogP contribution in [0.5, 0.6) is 0 Å². The van der Waals surface area contributed by atoms with Gasteiger partial charge in [-0.3, -0.25) is 0 Å². The minimum absolute atomic E-state index is 0.191. The molecule has 1 N–H and O–H groups in total. The highest BCUT2D eigenvalue weighted by Crippen LogP contribution is 2.37. The zero-order chi connectivity index (χ0) is 13.5. The zero-order valence-electron chi connectivity index (χ0n) is 11.9. The number of rotatable bonds is 2. The predicted molar refractivity (Wildman–Crippen MR) is 69.6 cm³/mol. The minimum Gasteiger partial charge on any atom is -0.387 e. The Morgan fingerprint density at radius 2 is 1.79 bits per heavy atom. The van der Waals surface area contributed by atoms with Crippen molar-refractivity contribution in [2.45, 2.75) is 69.9 Å². The maximum Gasteiger partial charge on any atom is 0.190 e. The third-order valence-corrected chi connectivity index (χ3v) is 4.25. The summed E-state index contributed by atoms with van der Waals surface area (Å²) in [5.74, 6) is -0.649. The van der Waals surface area contributed by atoms with Gasteiger partial charge in [-0.15, -0.1) is 0 Å². The number of nitrogens with zero attached hydrogens (tertiary/aromatic N) is 1. The van der Waals surface area contributed by atoms with Gasteiger partial charge in [-0.2, -0.15) is 0 Å². The van der Waals surface area contributed by atoms with Crippen molar-refractivity contribution in [2.24, 2.45) is 0 Å². The molecule has 0 aromatic heterocycles. The van der Waals surface area contributed by atoms with Crippen LogP contribution in [0.25, 0.3) is 0 Å². The molecule has 0 aliphatic carbocycles. The number of likely N-dealkylation sites (tertiary alicyclic amines) is 1. The third-order valence-electron chi connectivity index (χ3n) is 4.25. The second kappa shape index (κ2) is 5.30. The molecule has 0 amide bonds. The van der Waals surface area contributed by atoms with E-state index in [1.54, 1.807) is 0 Å². The standard InChI is InChI=1S/C14H25NO4/c1-14(2)18-12-11(16)10(17-13(12)19-14)9-15-7-5-3-4-6-8-15/h10-13,16H,3-9H2,1-2H3/t10-,11-,12?,13-/m1/s1. The second-order valence-electron chi connectivity index (χ2n) is 6.35. The Balaban J connectivity index is 1.56. The van der Waals surface area contributed by atoms with Crippen molar-refractivity contribution in [3.8, 4) is 0 Å². The topological polar surface area (TPSA) is 51.2 Å². The van der Waals surface area contributed by atoms with Crippen LogP contribution in [0.15, 0.2) is 0 Å². The van der Waals surface area contributed by atoms with E-state index in [2.05, 4.69) is 4.90 Å². The van der Waals surface area contributed by atoms with E-state index in [1.807, 2.05) is 13.8 Å². The SMILES string of the molecule is CC1(C)OC2[C@H](O[C@H](CN3CCCCCC3)[C@H]2O)O1. The van der Waals surface area contributed by atoms with Gasteiger partial charge in [0.25, 0.3) is 0 Å². The van der Waals surface area contributed by atoms with E-state index in [-0.39, 0.29) is 12.2 Å². The maximum absolute atomic E-state index is 10.3. The third kappa shape index (κ3) is 2.95. The summed E-state index contributed by atoms with van der Waals surface area (Å²) in [5, 5.41) is 10.3. The van der Waals surface area contributed by atoms with Crippen LogP contribution < -0.4 is 0 Å². The number of aliphatic hydroxyl groups excluding tert-OH is 1. The summed E-state index contributed by atoms with van der Waals surface area (Å²) in [5.41, 5.74) is 0. The van der Waals surface area contributed by atoms with Crippen molar-refractivity contribution in [3.63, 3.8) is 0 Å². The molecule has 3 rings (SSSR count). The molecule has 3 heterocycles. The number of ether oxygens (including phenoxy) is 3. The van der Waals surface area contributed by atoms with Gasteiger partial charge in [-0.1, -0.05) is 12.8 Å². The molecule has 19 heavy (non-hydrogen) atoms. The molecule has 3 fully saturated rings. The average molecular weight is 271 g/mol. The first kappa shape index (κ1) is 13.8. The van der Waals surface area contributed by atoms with E-state index >= 15 is 0 Å². The predicted octanol–water partition coefficient (Wildman–Crippen LogP) is 1.10. The number of hydrogen-bond acceptors (Lipinski definition) is 5. The normalized spacial score (nSPS) is 43.1. The van der Waals surface area contributed by atoms with E-state index in [9.17, 15) is 5.11 Å². The fourth-order valence-corrected chi connectivity index (χ4v) is 3.28. The molecule has 0 saturated carbocycles. The molecule has 110 valence electrons. The maximum atomic E-state index is 10.3. The van der Waals surface area contributed by atoms with Crippen LogP contribution in [0.4, 0.5) is 0 Å². The van der Waals surface area contributed by atoms with Crippen molar-refractivity contribution < 1.29 is 19.3 Å². The molecule has 1 unspecified atom stereocenters. The Morgan fingerprint density at radius 3 is 2.42 bits per heavy atom. The van der Waals surface area contributed by atoms with Crippen molar-refractivity contribution >= 4 is 0 Å². The summed E-state index contributed by atoms with van der Waals surface area (Å²) < 4.78 is 17.2. The lowest BCUT2D eigenvalue weighted by atomic mass is 10.1. The number of hydrogen-bond donors (Lipinski definition) is 1. The summed E-state index contributed by atoms with van der Waals surface area (Å²) >= 11 is 0. The van der Waals surface area contributed by atoms with Crippen molar-refractivity contribution in [2.75, 3.05) is 19.6 Å². The second-order valence-corrected chi connectivity index (χ2v) is 6.35. The van der Waals surface area contributed by atoms with E-state index < -0.39 is 18.2 Å². The first-order chi connectivity index (χ1) is 9.05. The Kier molecular flexibility index (Phi) is 3.84. The van der Waals surface area contributed by atoms with Crippen molar-refractivity contribution in [1.82, 2.24) is 4.90 Å². The molecule has 0 aromatic carbocycles. The first-order valence-corrected chi connectivity index (χ1v) is 7.47. The molecule has 0 bridgehead atoms. The lowest BCUT2D eigenvalue weighted by Gasteiger charge is -2.27. The summed E-state index contributed by atoms with van der Waals surface area (Å²) in [4.78, 5) is 2.40. The Hall–Kier alpha value is -0.200. The smallest absolute Gasteiger partial charge is 0.190 e. The highest BCUT2D eigenvalue weighted by atomic mass is 16.8. The van der Waals surface area contributed by atoms with Crippen LogP contribution >= 0.6 is 0 Å². The summed E-state index contributed by atoms with van der Waals surface area (Å²) in [6, 6.07) is 0. The van der Waals surface area contributed by atoms with Gasteiger partial charge in [0.05, 0.1) is 0 Å². The summed E-state index contributed by atoms with van der Waals surface area (Å²) in [6.45, 7) is 6.70. The van der Waals surface area contributed by atoms with Crippen LogP contribution in [0.1, 0.15) is 39.5 Å². The van der Waals surface area contributed by atoms with Gasteiger partial charge in [0, 0.05) is 6.54 Å². The molecule has 0 aromatic rings. The van der Waals surface area contributed by atoms with Gasteiger partial charge in [-0.25, -0.2) is 0 Å². The fraction of sp³-hybridized carbons (Fsp3) is 1.00. The minimum atomic E-state index is -0.649. The first-order valence-electron chi connectivity index (χ1n) is 7.47. The monoisotopic (exact) mass is 271 g/mol. The van der Waals surface area contributed by atoms with Crippen LogP contribution in [-0.4, -0.2) is 60.0 Å². The van der Waals surface area contributed by atoms with Crippen LogP contribution in [0.2, 0.25) is 0 Å². The Morgan fingerprint density at radius 1 is 1.11 bits per heavy atom. The van der Waals surface area contributed by atoms with Gasteiger partial charge in [-0.05, 0) is 39.8 Å². The number of fused-ring (bicyclic) bond motifs is 1. The van der Waals surface area contributed by atoms with Crippen LogP contribution in [-0.2, 0) is 14.2 Å². The zero-order valence-corrected chi connectivity index (χ0v) is 11.9. The van der Waals surface area contributed by atoms with Crippen LogP contribution in [0, 0.1) is 0 Å². The molecule has 3 saturated heterocycles. The molecule has 5 nitrogen and oxygen atoms in total. The highest BCUT2D eigenvalue weighted by Gasteiger charge is 2.54. The van der Waals surface area contributed by atoms with Gasteiger partial charge in [0.2, 0.25) is 0 Å². The fourth-order valence-electron chi connectivity index (χ4n) is 3.28. The summed E-state index contributed by atoms with van der Waals surface area (Å²) in [6.07, 6.45) is 3.59. The molecule has 4 atom stereocenters. The largest absolute Gasteiger partial charge is 0.387 e. The molecule has 0 radical (unpaired) electrons. The number of aliphatic hydroxyl groups is 1. The van der Waals surface area contributed by atoms with Gasteiger partial charge >= 0.3 is 0 Å². The van der Waals surface area contributed by atoms with E-state index in [0.29, 0.717) is 0 Å². The molecule has 3 aliphatic rings. The average Bonchev–Trinajstić information content (AvgIpc) is 2.68. The molecular weight excluding hydrogens is 246 g/mol. The van der Waals surface area contributed by atoms with Crippen LogP contribution in [0.3, 0.4) is 0 Å². The lowest BCUT2D eigenvalue weighted by molar-refractivity contribution is -0.216. The lowest BCUT2D eigenvalue weighted by Crippen LogP contribution is -2.42. The molecular formula is C14H25NO4. The van der Waals surface area contributed by atoms with Crippen molar-refractivity contribution in [3.05, 3.63) is 0 Å². The van der Waals surface area contributed by atoms with E-state index in [4.69, 9.17) is 14.2 Å². The molecule has 3 aliphatic heterocycles. The highest BCUT2D eigenvalue weighted by molar-refractivity contribution is 4.94. The molecule has 0 spiro atoms. The van der Waals surface area contributed by atoms with Gasteiger partial charge in [0.15, 0.2) is 12.1 Å². The molecule has 5 heteroatoms. The van der Waals surface area contributed by atoms with Gasteiger partial charge < -0.3 is 24.2 Å². The van der Waals surface area contributed by atoms with Crippen molar-refractivity contribution in [1.29, 1.82) is 0 Å². The van der Waals surface area contributed by atoms with E-state index in [0.717, 1.165) is 19.6 Å². The quantitative estimate of drug-likeness (QED) is 0.815. The summed E-state index contributed by atoms with van der Waals surface area (Å²) in [7, 11) is 0. The Labute approximate surface area is 114 Å². The van der Waals surface area contributed by atoms with Gasteiger partial charge in [0.1, 0.15) is 18.3 Å².